The topological polar surface area (TPSA) is 72.0 Å². The lowest BCUT2D eigenvalue weighted by atomic mass is 9.90. The van der Waals surface area contributed by atoms with Gasteiger partial charge in [0.25, 0.3) is 5.91 Å². The summed E-state index contributed by atoms with van der Waals surface area (Å²) < 4.78 is 13.6. The summed E-state index contributed by atoms with van der Waals surface area (Å²) in [6.07, 6.45) is 1.44. The summed E-state index contributed by atoms with van der Waals surface area (Å²) >= 11 is 6.45. The van der Waals surface area contributed by atoms with Gasteiger partial charge in [-0.05, 0) is 49.1 Å². The molecule has 0 unspecified atom stereocenters. The highest BCUT2D eigenvalue weighted by Gasteiger charge is 2.31. The number of hydrogen-bond acceptors (Lipinski definition) is 4. The van der Waals surface area contributed by atoms with Crippen molar-refractivity contribution in [2.75, 3.05) is 0 Å². The predicted molar refractivity (Wildman–Crippen MR) is 127 cm³/mol. The van der Waals surface area contributed by atoms with Gasteiger partial charge >= 0.3 is 0 Å². The zero-order valence-corrected chi connectivity index (χ0v) is 18.9. The van der Waals surface area contributed by atoms with Crippen LogP contribution in [0.25, 0.3) is 21.9 Å². The number of amides is 1. The number of pyridine rings is 2. The molecule has 1 N–H and O–H groups in total. The van der Waals surface area contributed by atoms with E-state index in [0.29, 0.717) is 11.3 Å². The molecule has 0 aliphatic carbocycles. The summed E-state index contributed by atoms with van der Waals surface area (Å²) in [5.41, 5.74) is 0.909. The van der Waals surface area contributed by atoms with Crippen molar-refractivity contribution in [3.05, 3.63) is 95.3 Å². The Labute approximate surface area is 195 Å². The molecule has 0 aliphatic rings. The minimum atomic E-state index is -1.19. The van der Waals surface area contributed by atoms with Crippen LogP contribution in [0.3, 0.4) is 0 Å². The Hall–Kier alpha value is -3.64. The zero-order chi connectivity index (χ0) is 23.6. The van der Waals surface area contributed by atoms with Crippen molar-refractivity contribution in [2.45, 2.75) is 25.8 Å². The summed E-state index contributed by atoms with van der Waals surface area (Å²) in [7, 11) is 0. The van der Waals surface area contributed by atoms with Crippen LogP contribution in [0.4, 0.5) is 4.39 Å². The second kappa shape index (κ2) is 9.08. The second-order valence-corrected chi connectivity index (χ2v) is 8.53. The Balaban J connectivity index is 1.72. The van der Waals surface area contributed by atoms with E-state index in [1.165, 1.54) is 18.3 Å². The number of rotatable bonds is 6. The van der Waals surface area contributed by atoms with Crippen molar-refractivity contribution in [2.24, 2.45) is 0 Å². The van der Waals surface area contributed by atoms with Crippen LogP contribution in [-0.4, -0.2) is 27.2 Å². The van der Waals surface area contributed by atoms with E-state index in [1.807, 2.05) is 24.3 Å². The van der Waals surface area contributed by atoms with E-state index in [4.69, 9.17) is 11.6 Å². The van der Waals surface area contributed by atoms with E-state index in [0.717, 1.165) is 16.3 Å². The third-order valence-corrected chi connectivity index (χ3v) is 5.71. The third-order valence-electron chi connectivity index (χ3n) is 5.42. The summed E-state index contributed by atoms with van der Waals surface area (Å²) in [4.78, 5) is 34.4. The van der Waals surface area contributed by atoms with Gasteiger partial charge < -0.3 is 5.32 Å². The second-order valence-electron chi connectivity index (χ2n) is 8.17. The van der Waals surface area contributed by atoms with Crippen LogP contribution in [0.2, 0.25) is 5.15 Å². The average molecular weight is 462 g/mol. The lowest BCUT2D eigenvalue weighted by Gasteiger charge is -2.25. The number of fused-ring (bicyclic) bond motifs is 1. The Morgan fingerprint density at radius 3 is 2.30 bits per heavy atom. The standard InChI is InChI=1S/C26H21ClFN3O2/c1-26(2,31-25(33)20-9-5-6-14-29-20)22(32)15-21-23(16-10-12-17(28)13-11-16)18-7-3-4-8-19(18)24(27)30-21/h3-14H,15H2,1-2H3,(H,31,33). The van der Waals surface area contributed by atoms with Crippen molar-refractivity contribution >= 4 is 34.1 Å². The number of hydrogen-bond donors (Lipinski definition) is 1. The molecule has 4 aromatic rings. The fraction of sp³-hybridized carbons (Fsp3) is 0.154. The first-order valence-corrected chi connectivity index (χ1v) is 10.7. The number of carbonyl (C=O) groups is 2. The molecule has 5 nitrogen and oxygen atoms in total. The van der Waals surface area contributed by atoms with E-state index >= 15 is 0 Å². The smallest absolute Gasteiger partial charge is 0.270 e. The van der Waals surface area contributed by atoms with Gasteiger partial charge in [0, 0.05) is 17.1 Å². The van der Waals surface area contributed by atoms with Crippen molar-refractivity contribution in [3.63, 3.8) is 0 Å². The number of carbonyl (C=O) groups excluding carboxylic acids is 2. The Bertz CT molecular complexity index is 1340. The third kappa shape index (κ3) is 4.76. The van der Waals surface area contributed by atoms with E-state index < -0.39 is 11.4 Å². The first-order valence-electron chi connectivity index (χ1n) is 10.4. The molecular weight excluding hydrogens is 441 g/mol. The first-order chi connectivity index (χ1) is 15.8. The Kier molecular flexibility index (Phi) is 6.20. The maximum Gasteiger partial charge on any atom is 0.270 e. The highest BCUT2D eigenvalue weighted by atomic mass is 35.5. The molecule has 1 amide bonds. The van der Waals surface area contributed by atoms with Gasteiger partial charge in [-0.1, -0.05) is 54.1 Å². The highest BCUT2D eigenvalue weighted by molar-refractivity contribution is 6.34. The number of benzene rings is 2. The molecule has 2 aromatic heterocycles. The number of ketones is 1. The van der Waals surface area contributed by atoms with Crippen LogP contribution in [0, 0.1) is 5.82 Å². The van der Waals surface area contributed by atoms with E-state index in [9.17, 15) is 14.0 Å². The van der Waals surface area contributed by atoms with E-state index in [2.05, 4.69) is 15.3 Å². The fourth-order valence-electron chi connectivity index (χ4n) is 3.63. The fourth-order valence-corrected chi connectivity index (χ4v) is 3.89. The molecule has 0 fully saturated rings. The monoisotopic (exact) mass is 461 g/mol. The van der Waals surface area contributed by atoms with Crippen LogP contribution < -0.4 is 5.32 Å². The minimum absolute atomic E-state index is 0.0766. The summed E-state index contributed by atoms with van der Waals surface area (Å²) in [5.74, 6) is -1.06. The van der Waals surface area contributed by atoms with Crippen LogP contribution in [0.5, 0.6) is 0 Å². The number of nitrogens with zero attached hydrogens (tertiary/aromatic N) is 2. The first kappa shape index (κ1) is 22.6. The van der Waals surface area contributed by atoms with Crippen molar-refractivity contribution in [3.8, 4) is 11.1 Å². The van der Waals surface area contributed by atoms with Gasteiger partial charge in [-0.15, -0.1) is 0 Å². The molecule has 2 heterocycles. The van der Waals surface area contributed by atoms with Gasteiger partial charge in [0.1, 0.15) is 16.7 Å². The van der Waals surface area contributed by atoms with Crippen LogP contribution in [0.15, 0.2) is 72.9 Å². The summed E-state index contributed by atoms with van der Waals surface area (Å²) in [6.45, 7) is 3.27. The molecule has 7 heteroatoms. The Morgan fingerprint density at radius 2 is 1.64 bits per heavy atom. The number of halogens is 2. The normalized spacial score (nSPS) is 11.4. The largest absolute Gasteiger partial charge is 0.339 e. The van der Waals surface area contributed by atoms with E-state index in [-0.39, 0.29) is 28.9 Å². The minimum Gasteiger partial charge on any atom is -0.339 e. The number of nitrogens with one attached hydrogen (secondary N) is 1. The van der Waals surface area contributed by atoms with Gasteiger partial charge in [0.15, 0.2) is 5.78 Å². The lowest BCUT2D eigenvalue weighted by Crippen LogP contribution is -2.50. The van der Waals surface area contributed by atoms with Gasteiger partial charge in [0.05, 0.1) is 17.7 Å². The molecule has 0 spiro atoms. The van der Waals surface area contributed by atoms with Crippen molar-refractivity contribution in [1.82, 2.24) is 15.3 Å². The molecule has 0 saturated heterocycles. The molecule has 166 valence electrons. The SMILES string of the molecule is CC(C)(NC(=O)c1ccccn1)C(=O)Cc1nc(Cl)c2ccccc2c1-c1ccc(F)cc1. The molecular formula is C26H21ClFN3O2. The van der Waals surface area contributed by atoms with E-state index in [1.54, 1.807) is 44.2 Å². The Morgan fingerprint density at radius 1 is 0.970 bits per heavy atom. The van der Waals surface area contributed by atoms with Crippen molar-refractivity contribution < 1.29 is 14.0 Å². The van der Waals surface area contributed by atoms with Crippen LogP contribution in [0.1, 0.15) is 30.0 Å². The van der Waals surface area contributed by atoms with Crippen LogP contribution >= 0.6 is 11.6 Å². The molecule has 4 rings (SSSR count). The molecule has 0 atom stereocenters. The van der Waals surface area contributed by atoms with Crippen LogP contribution in [-0.2, 0) is 11.2 Å². The van der Waals surface area contributed by atoms with Gasteiger partial charge in [-0.2, -0.15) is 0 Å². The molecule has 0 radical (unpaired) electrons. The lowest BCUT2D eigenvalue weighted by molar-refractivity contribution is -0.123. The number of aromatic nitrogens is 2. The summed E-state index contributed by atoms with van der Waals surface area (Å²) in [6, 6.07) is 18.5. The molecule has 2 aromatic carbocycles. The highest BCUT2D eigenvalue weighted by Crippen LogP contribution is 2.35. The maximum absolute atomic E-state index is 13.6. The predicted octanol–water partition coefficient (Wildman–Crippen LogP) is 5.41. The molecule has 0 bridgehead atoms. The zero-order valence-electron chi connectivity index (χ0n) is 18.1. The quantitative estimate of drug-likeness (QED) is 0.390. The number of Topliss-reactive ketones (excluding diaryl/α,β-unsaturated/α-hetero) is 1. The van der Waals surface area contributed by atoms with Gasteiger partial charge in [-0.25, -0.2) is 9.37 Å². The molecule has 0 aliphatic heterocycles. The summed E-state index contributed by atoms with van der Waals surface area (Å²) in [5, 5.41) is 4.56. The van der Waals surface area contributed by atoms with Gasteiger partial charge in [0.2, 0.25) is 0 Å². The maximum atomic E-state index is 13.6. The average Bonchev–Trinajstić information content (AvgIpc) is 2.80. The molecule has 33 heavy (non-hydrogen) atoms. The molecule has 0 saturated carbocycles. The van der Waals surface area contributed by atoms with Crippen molar-refractivity contribution in [1.29, 1.82) is 0 Å². The van der Waals surface area contributed by atoms with Gasteiger partial charge in [-0.3, -0.25) is 14.6 Å².